The highest BCUT2D eigenvalue weighted by molar-refractivity contribution is 7.21. The molecule has 0 bridgehead atoms. The van der Waals surface area contributed by atoms with Gasteiger partial charge in [-0.05, 0) is 60.5 Å². The minimum Gasteiger partial charge on any atom is -0.497 e. The molecule has 28 heavy (non-hydrogen) atoms. The highest BCUT2D eigenvalue weighted by Crippen LogP contribution is 2.31. The van der Waals surface area contributed by atoms with Crippen molar-refractivity contribution >= 4 is 33.3 Å². The van der Waals surface area contributed by atoms with Gasteiger partial charge in [-0.3, -0.25) is 4.79 Å². The molecule has 0 atom stereocenters. The fourth-order valence-electron chi connectivity index (χ4n) is 2.95. The number of fused-ring (bicyclic) bond motifs is 1. The topological polar surface area (TPSA) is 64.1 Å². The Morgan fingerprint density at radius 2 is 1.96 bits per heavy atom. The number of anilines is 1. The minimum atomic E-state index is -0.0507. The summed E-state index contributed by atoms with van der Waals surface area (Å²) in [6.45, 7) is 1.98. The number of ether oxygens (including phenoxy) is 1. The summed E-state index contributed by atoms with van der Waals surface area (Å²) in [5.41, 5.74) is 4.66. The van der Waals surface area contributed by atoms with E-state index in [0.29, 0.717) is 6.42 Å². The van der Waals surface area contributed by atoms with E-state index in [2.05, 4.69) is 15.3 Å². The van der Waals surface area contributed by atoms with Crippen LogP contribution in [0.5, 0.6) is 5.75 Å². The van der Waals surface area contributed by atoms with Gasteiger partial charge in [-0.15, -0.1) is 0 Å². The van der Waals surface area contributed by atoms with Crippen molar-refractivity contribution in [2.45, 2.75) is 13.3 Å². The number of aromatic nitrogens is 2. The number of thiazole rings is 1. The molecule has 0 saturated carbocycles. The second kappa shape index (κ2) is 7.78. The second-order valence-corrected chi connectivity index (χ2v) is 7.43. The molecule has 0 unspecified atom stereocenters. The van der Waals surface area contributed by atoms with Gasteiger partial charge in [0.2, 0.25) is 5.91 Å². The lowest BCUT2D eigenvalue weighted by Gasteiger charge is -2.10. The second-order valence-electron chi connectivity index (χ2n) is 6.45. The molecule has 4 rings (SSSR count). The van der Waals surface area contributed by atoms with Gasteiger partial charge in [0.15, 0.2) is 0 Å². The summed E-state index contributed by atoms with van der Waals surface area (Å²) < 4.78 is 5.14. The maximum atomic E-state index is 12.4. The standard InChI is InChI=1S/C22H19N3O2S/c1-14-12-16(21-25-19-4-3-11-23-22(19)28-21)7-10-18(14)24-20(26)13-15-5-8-17(27-2)9-6-15/h3-12H,13H2,1-2H3,(H,24,26). The lowest BCUT2D eigenvalue weighted by Crippen LogP contribution is -2.15. The molecular formula is C22H19N3O2S. The first kappa shape index (κ1) is 18.1. The van der Waals surface area contributed by atoms with E-state index in [4.69, 9.17) is 4.74 Å². The van der Waals surface area contributed by atoms with Gasteiger partial charge in [-0.1, -0.05) is 23.5 Å². The molecule has 1 N–H and O–H groups in total. The zero-order valence-electron chi connectivity index (χ0n) is 15.6. The fraction of sp³-hybridized carbons (Fsp3) is 0.136. The molecule has 4 aromatic rings. The molecule has 2 aromatic carbocycles. The molecule has 2 aromatic heterocycles. The number of pyridine rings is 1. The Labute approximate surface area is 167 Å². The normalized spacial score (nSPS) is 10.8. The van der Waals surface area contributed by atoms with E-state index >= 15 is 0 Å². The van der Waals surface area contributed by atoms with Crippen molar-refractivity contribution < 1.29 is 9.53 Å². The van der Waals surface area contributed by atoms with Gasteiger partial charge >= 0.3 is 0 Å². The van der Waals surface area contributed by atoms with E-state index in [9.17, 15) is 4.79 Å². The van der Waals surface area contributed by atoms with E-state index in [-0.39, 0.29) is 5.91 Å². The molecule has 1 amide bonds. The minimum absolute atomic E-state index is 0.0507. The van der Waals surface area contributed by atoms with Crippen molar-refractivity contribution in [2.75, 3.05) is 12.4 Å². The smallest absolute Gasteiger partial charge is 0.228 e. The van der Waals surface area contributed by atoms with Crippen LogP contribution in [0.2, 0.25) is 0 Å². The van der Waals surface area contributed by atoms with Crippen LogP contribution in [0.3, 0.4) is 0 Å². The Hall–Kier alpha value is -3.25. The van der Waals surface area contributed by atoms with Crippen LogP contribution in [0.25, 0.3) is 20.9 Å². The largest absolute Gasteiger partial charge is 0.497 e. The SMILES string of the molecule is COc1ccc(CC(=O)Nc2ccc(-c3nc4cccnc4s3)cc2C)cc1. The molecule has 2 heterocycles. The van der Waals surface area contributed by atoms with E-state index in [1.165, 1.54) is 0 Å². The first-order chi connectivity index (χ1) is 13.6. The Bertz CT molecular complexity index is 1100. The van der Waals surface area contributed by atoms with Crippen LogP contribution >= 0.6 is 11.3 Å². The molecule has 0 radical (unpaired) electrons. The number of hydrogen-bond donors (Lipinski definition) is 1. The van der Waals surface area contributed by atoms with Crippen molar-refractivity contribution in [1.82, 2.24) is 9.97 Å². The van der Waals surface area contributed by atoms with E-state index in [0.717, 1.165) is 43.5 Å². The van der Waals surface area contributed by atoms with Crippen molar-refractivity contribution in [3.05, 3.63) is 71.9 Å². The molecule has 6 heteroatoms. The van der Waals surface area contributed by atoms with Gasteiger partial charge in [0, 0.05) is 17.4 Å². The Kier molecular flexibility index (Phi) is 5.04. The van der Waals surface area contributed by atoms with Crippen molar-refractivity contribution in [3.63, 3.8) is 0 Å². The van der Waals surface area contributed by atoms with Crippen molar-refractivity contribution in [2.24, 2.45) is 0 Å². The van der Waals surface area contributed by atoms with Gasteiger partial charge in [-0.25, -0.2) is 9.97 Å². The number of hydrogen-bond acceptors (Lipinski definition) is 5. The lowest BCUT2D eigenvalue weighted by molar-refractivity contribution is -0.115. The predicted octanol–water partition coefficient (Wildman–Crippen LogP) is 4.86. The molecule has 0 aliphatic heterocycles. The van der Waals surface area contributed by atoms with Crippen LogP contribution < -0.4 is 10.1 Å². The molecule has 0 saturated heterocycles. The first-order valence-electron chi connectivity index (χ1n) is 8.88. The number of amides is 1. The number of carbonyl (C=O) groups is 1. The zero-order valence-corrected chi connectivity index (χ0v) is 16.4. The van der Waals surface area contributed by atoms with E-state index in [1.54, 1.807) is 24.6 Å². The monoisotopic (exact) mass is 389 g/mol. The average molecular weight is 389 g/mol. The van der Waals surface area contributed by atoms with Crippen molar-refractivity contribution in [1.29, 1.82) is 0 Å². The Morgan fingerprint density at radius 1 is 1.14 bits per heavy atom. The Balaban J connectivity index is 1.48. The van der Waals surface area contributed by atoms with E-state index in [1.807, 2.05) is 61.5 Å². The predicted molar refractivity (Wildman–Crippen MR) is 113 cm³/mol. The average Bonchev–Trinajstić information content (AvgIpc) is 3.14. The summed E-state index contributed by atoms with van der Waals surface area (Å²) in [5.74, 6) is 0.728. The van der Waals surface area contributed by atoms with Gasteiger partial charge in [0.1, 0.15) is 21.1 Å². The maximum absolute atomic E-state index is 12.4. The van der Waals surface area contributed by atoms with Gasteiger partial charge in [0.25, 0.3) is 0 Å². The highest BCUT2D eigenvalue weighted by atomic mass is 32.1. The number of benzene rings is 2. The van der Waals surface area contributed by atoms with E-state index < -0.39 is 0 Å². The quantitative estimate of drug-likeness (QED) is 0.530. The van der Waals surface area contributed by atoms with Crippen LogP contribution in [-0.2, 0) is 11.2 Å². The van der Waals surface area contributed by atoms with Crippen LogP contribution in [-0.4, -0.2) is 23.0 Å². The lowest BCUT2D eigenvalue weighted by atomic mass is 10.1. The number of aryl methyl sites for hydroxylation is 1. The van der Waals surface area contributed by atoms with Crippen molar-refractivity contribution in [3.8, 4) is 16.3 Å². The number of nitrogens with one attached hydrogen (secondary N) is 1. The van der Waals surface area contributed by atoms with Crippen LogP contribution in [0.15, 0.2) is 60.8 Å². The number of methoxy groups -OCH3 is 1. The summed E-state index contributed by atoms with van der Waals surface area (Å²) in [5, 5.41) is 3.92. The first-order valence-corrected chi connectivity index (χ1v) is 9.69. The van der Waals surface area contributed by atoms with Gasteiger partial charge < -0.3 is 10.1 Å². The molecule has 0 spiro atoms. The van der Waals surface area contributed by atoms with Crippen LogP contribution in [0, 0.1) is 6.92 Å². The summed E-state index contributed by atoms with van der Waals surface area (Å²) in [4.78, 5) is 22.3. The summed E-state index contributed by atoms with van der Waals surface area (Å²) in [6.07, 6.45) is 2.09. The maximum Gasteiger partial charge on any atom is 0.228 e. The summed E-state index contributed by atoms with van der Waals surface area (Å²) in [6, 6.07) is 17.3. The third-order valence-corrected chi connectivity index (χ3v) is 5.47. The number of rotatable bonds is 5. The molecule has 0 aliphatic rings. The highest BCUT2D eigenvalue weighted by Gasteiger charge is 2.10. The summed E-state index contributed by atoms with van der Waals surface area (Å²) in [7, 11) is 1.62. The number of carbonyl (C=O) groups excluding carboxylic acids is 1. The third kappa shape index (κ3) is 3.87. The fourth-order valence-corrected chi connectivity index (χ4v) is 3.86. The van der Waals surface area contributed by atoms with Gasteiger partial charge in [-0.2, -0.15) is 0 Å². The summed E-state index contributed by atoms with van der Waals surface area (Å²) >= 11 is 1.56. The molecule has 140 valence electrons. The van der Waals surface area contributed by atoms with Crippen LogP contribution in [0.1, 0.15) is 11.1 Å². The molecular weight excluding hydrogens is 370 g/mol. The number of nitrogens with zero attached hydrogens (tertiary/aromatic N) is 2. The molecule has 0 fully saturated rings. The van der Waals surface area contributed by atoms with Crippen LogP contribution in [0.4, 0.5) is 5.69 Å². The third-order valence-electron chi connectivity index (χ3n) is 4.44. The molecule has 5 nitrogen and oxygen atoms in total. The Morgan fingerprint density at radius 3 is 2.68 bits per heavy atom. The molecule has 0 aliphatic carbocycles. The van der Waals surface area contributed by atoms with Gasteiger partial charge in [0.05, 0.1) is 13.5 Å². The zero-order chi connectivity index (χ0) is 19.5.